The van der Waals surface area contributed by atoms with Crippen LogP contribution in [0.15, 0.2) is 12.7 Å². The number of rotatable bonds is 5. The van der Waals surface area contributed by atoms with Gasteiger partial charge in [0.05, 0.1) is 11.9 Å². The molecular weight excluding hydrogens is 230 g/mol. The van der Waals surface area contributed by atoms with Gasteiger partial charge in [0.15, 0.2) is 11.5 Å². The minimum absolute atomic E-state index is 0.646. The molecule has 0 aliphatic carbocycles. The Bertz CT molecular complexity index is 529. The molecule has 2 heterocycles. The first kappa shape index (κ1) is 12.8. The second-order valence-electron chi connectivity index (χ2n) is 4.91. The lowest BCUT2D eigenvalue weighted by molar-refractivity contribution is 0.0748. The summed E-state index contributed by atoms with van der Waals surface area (Å²) in [6.07, 6.45) is 3.94. The van der Waals surface area contributed by atoms with E-state index < -0.39 is 5.60 Å². The number of nitrogens with zero attached hydrogens (tertiary/aromatic N) is 4. The van der Waals surface area contributed by atoms with Crippen molar-refractivity contribution in [2.75, 3.05) is 11.9 Å². The summed E-state index contributed by atoms with van der Waals surface area (Å²) in [6.45, 7) is 7.10. The van der Waals surface area contributed by atoms with Crippen LogP contribution >= 0.6 is 0 Å². The molecule has 0 saturated heterocycles. The molecule has 0 unspecified atom stereocenters. The summed E-state index contributed by atoms with van der Waals surface area (Å²) in [6, 6.07) is 0. The Balaban J connectivity index is 2.16. The number of aryl methyl sites for hydroxylation is 1. The molecule has 2 rings (SSSR count). The van der Waals surface area contributed by atoms with Crippen LogP contribution in [0.1, 0.15) is 27.2 Å². The van der Waals surface area contributed by atoms with E-state index in [0.717, 1.165) is 23.5 Å². The van der Waals surface area contributed by atoms with Gasteiger partial charge in [0.1, 0.15) is 11.8 Å². The van der Waals surface area contributed by atoms with Crippen LogP contribution in [0.25, 0.3) is 11.2 Å². The molecule has 6 nitrogen and oxygen atoms in total. The van der Waals surface area contributed by atoms with E-state index in [2.05, 4.69) is 20.3 Å². The molecule has 0 aliphatic heterocycles. The van der Waals surface area contributed by atoms with Gasteiger partial charge in [-0.05, 0) is 27.2 Å². The normalized spacial score (nSPS) is 12.0. The summed E-state index contributed by atoms with van der Waals surface area (Å²) in [5, 5.41) is 12.9. The fourth-order valence-electron chi connectivity index (χ4n) is 1.73. The monoisotopic (exact) mass is 249 g/mol. The van der Waals surface area contributed by atoms with Crippen molar-refractivity contribution < 1.29 is 5.11 Å². The van der Waals surface area contributed by atoms with E-state index in [1.54, 1.807) is 20.2 Å². The van der Waals surface area contributed by atoms with E-state index in [9.17, 15) is 5.11 Å². The largest absolute Gasteiger partial charge is 0.390 e. The summed E-state index contributed by atoms with van der Waals surface area (Å²) in [5.74, 6) is 0.719. The van der Waals surface area contributed by atoms with Gasteiger partial charge in [-0.3, -0.25) is 0 Å². The van der Waals surface area contributed by atoms with Crippen molar-refractivity contribution in [3.63, 3.8) is 0 Å². The number of aliphatic hydroxyl groups is 1. The maximum absolute atomic E-state index is 9.66. The van der Waals surface area contributed by atoms with E-state index in [0.29, 0.717) is 13.0 Å². The van der Waals surface area contributed by atoms with Crippen LogP contribution in [-0.2, 0) is 6.54 Å². The number of imidazole rings is 1. The van der Waals surface area contributed by atoms with E-state index in [-0.39, 0.29) is 0 Å². The molecule has 0 amide bonds. The number of aromatic nitrogens is 4. The first-order valence-electron chi connectivity index (χ1n) is 6.13. The molecule has 0 aliphatic rings. The highest BCUT2D eigenvalue weighted by Crippen LogP contribution is 2.17. The Labute approximate surface area is 106 Å². The predicted octanol–water partition coefficient (Wildman–Crippen LogP) is 1.42. The highest BCUT2D eigenvalue weighted by Gasteiger charge is 2.13. The van der Waals surface area contributed by atoms with Crippen LogP contribution in [0, 0.1) is 0 Å². The third-order valence-corrected chi connectivity index (χ3v) is 2.77. The highest BCUT2D eigenvalue weighted by molar-refractivity contribution is 5.82. The zero-order valence-corrected chi connectivity index (χ0v) is 11.0. The van der Waals surface area contributed by atoms with Crippen molar-refractivity contribution in [2.24, 2.45) is 0 Å². The molecule has 6 heteroatoms. The molecule has 0 spiro atoms. The molecule has 2 aromatic heterocycles. The average molecular weight is 249 g/mol. The van der Waals surface area contributed by atoms with Gasteiger partial charge in [-0.15, -0.1) is 0 Å². The van der Waals surface area contributed by atoms with Gasteiger partial charge in [0.2, 0.25) is 0 Å². The topological polar surface area (TPSA) is 75.9 Å². The lowest BCUT2D eigenvalue weighted by Gasteiger charge is -2.17. The predicted molar refractivity (Wildman–Crippen MR) is 70.4 cm³/mol. The molecule has 0 aromatic carbocycles. The van der Waals surface area contributed by atoms with Crippen molar-refractivity contribution >= 4 is 17.0 Å². The molecule has 0 radical (unpaired) electrons. The quantitative estimate of drug-likeness (QED) is 0.838. The molecular formula is C12H19N5O. The van der Waals surface area contributed by atoms with E-state index in [4.69, 9.17) is 0 Å². The Morgan fingerprint density at radius 1 is 1.33 bits per heavy atom. The molecule has 18 heavy (non-hydrogen) atoms. The lowest BCUT2D eigenvalue weighted by Crippen LogP contribution is -2.22. The smallest absolute Gasteiger partial charge is 0.165 e. The third kappa shape index (κ3) is 2.76. The van der Waals surface area contributed by atoms with Gasteiger partial charge in [-0.1, -0.05) is 0 Å². The van der Waals surface area contributed by atoms with Gasteiger partial charge < -0.3 is 15.0 Å². The number of hydrogen-bond donors (Lipinski definition) is 2. The third-order valence-electron chi connectivity index (χ3n) is 2.77. The van der Waals surface area contributed by atoms with Crippen LogP contribution < -0.4 is 5.32 Å². The molecule has 2 aromatic rings. The van der Waals surface area contributed by atoms with Gasteiger partial charge in [0, 0.05) is 13.1 Å². The fourth-order valence-corrected chi connectivity index (χ4v) is 1.73. The van der Waals surface area contributed by atoms with Crippen molar-refractivity contribution in [3.8, 4) is 0 Å². The first-order valence-corrected chi connectivity index (χ1v) is 6.13. The SMILES string of the molecule is CCn1cnc2c(NCCC(C)(C)O)ncnc21. The Morgan fingerprint density at radius 3 is 2.78 bits per heavy atom. The van der Waals surface area contributed by atoms with E-state index in [1.165, 1.54) is 6.33 Å². The van der Waals surface area contributed by atoms with Crippen LogP contribution in [-0.4, -0.2) is 36.8 Å². The standard InChI is InChI=1S/C12H19N5O/c1-4-17-8-16-9-10(14-7-15-11(9)17)13-6-5-12(2,3)18/h7-8,18H,4-6H2,1-3H3,(H,13,14,15). The van der Waals surface area contributed by atoms with Crippen molar-refractivity contribution in [2.45, 2.75) is 39.3 Å². The summed E-state index contributed by atoms with van der Waals surface area (Å²) in [5.41, 5.74) is 0.926. The minimum Gasteiger partial charge on any atom is -0.390 e. The maximum atomic E-state index is 9.66. The van der Waals surface area contributed by atoms with Gasteiger partial charge in [-0.2, -0.15) is 0 Å². The zero-order chi connectivity index (χ0) is 13.2. The van der Waals surface area contributed by atoms with Crippen LogP contribution in [0.5, 0.6) is 0 Å². The summed E-state index contributed by atoms with van der Waals surface area (Å²) >= 11 is 0. The van der Waals surface area contributed by atoms with Crippen molar-refractivity contribution in [1.82, 2.24) is 19.5 Å². The fraction of sp³-hybridized carbons (Fsp3) is 0.583. The summed E-state index contributed by atoms with van der Waals surface area (Å²) in [4.78, 5) is 12.7. The number of hydrogen-bond acceptors (Lipinski definition) is 5. The van der Waals surface area contributed by atoms with Crippen molar-refractivity contribution in [1.29, 1.82) is 0 Å². The van der Waals surface area contributed by atoms with Gasteiger partial charge in [0.25, 0.3) is 0 Å². The van der Waals surface area contributed by atoms with Gasteiger partial charge >= 0.3 is 0 Å². The first-order chi connectivity index (χ1) is 8.51. The van der Waals surface area contributed by atoms with E-state index >= 15 is 0 Å². The van der Waals surface area contributed by atoms with Crippen LogP contribution in [0.3, 0.4) is 0 Å². The number of fused-ring (bicyclic) bond motifs is 1. The second-order valence-corrected chi connectivity index (χ2v) is 4.91. The van der Waals surface area contributed by atoms with Crippen molar-refractivity contribution in [3.05, 3.63) is 12.7 Å². The lowest BCUT2D eigenvalue weighted by atomic mass is 10.1. The van der Waals surface area contributed by atoms with Crippen LogP contribution in [0.2, 0.25) is 0 Å². The summed E-state index contributed by atoms with van der Waals surface area (Å²) < 4.78 is 1.97. The second kappa shape index (κ2) is 4.89. The number of anilines is 1. The molecule has 0 fully saturated rings. The average Bonchev–Trinajstić information content (AvgIpc) is 2.71. The molecule has 98 valence electrons. The van der Waals surface area contributed by atoms with E-state index in [1.807, 2.05) is 11.5 Å². The Kier molecular flexibility index (Phi) is 3.47. The maximum Gasteiger partial charge on any atom is 0.165 e. The van der Waals surface area contributed by atoms with Crippen LogP contribution in [0.4, 0.5) is 5.82 Å². The molecule has 2 N–H and O–H groups in total. The Morgan fingerprint density at radius 2 is 2.11 bits per heavy atom. The summed E-state index contributed by atoms with van der Waals surface area (Å²) in [7, 11) is 0. The number of nitrogens with one attached hydrogen (secondary N) is 1. The highest BCUT2D eigenvalue weighted by atomic mass is 16.3. The zero-order valence-electron chi connectivity index (χ0n) is 11.0. The molecule has 0 saturated carbocycles. The minimum atomic E-state index is -0.679. The van der Waals surface area contributed by atoms with Gasteiger partial charge in [-0.25, -0.2) is 15.0 Å². The molecule has 0 bridgehead atoms. The Hall–Kier alpha value is -1.69. The molecule has 0 atom stereocenters.